The van der Waals surface area contributed by atoms with Crippen LogP contribution in [0.1, 0.15) is 5.56 Å². The summed E-state index contributed by atoms with van der Waals surface area (Å²) >= 11 is 0. The van der Waals surface area contributed by atoms with Gasteiger partial charge in [0.25, 0.3) is 0 Å². The van der Waals surface area contributed by atoms with Crippen LogP contribution in [0.3, 0.4) is 0 Å². The fourth-order valence-corrected chi connectivity index (χ4v) is 1.73. The van der Waals surface area contributed by atoms with Crippen molar-refractivity contribution in [3.63, 3.8) is 0 Å². The number of rotatable bonds is 2. The van der Waals surface area contributed by atoms with Crippen molar-refractivity contribution >= 4 is 0 Å². The third-order valence-corrected chi connectivity index (χ3v) is 2.88. The molecule has 0 spiro atoms. The number of hydrogen-bond donors (Lipinski definition) is 0. The maximum Gasteiger partial charge on any atom is 0.422 e. The van der Waals surface area contributed by atoms with Gasteiger partial charge in [-0.3, -0.25) is 0 Å². The van der Waals surface area contributed by atoms with Gasteiger partial charge in [0.05, 0.1) is 0 Å². The average Bonchev–Trinajstić information content (AvgIpc) is 2.55. The van der Waals surface area contributed by atoms with Crippen molar-refractivity contribution in [1.82, 2.24) is 0 Å². The number of halogens is 12. The zero-order valence-corrected chi connectivity index (χ0v) is 11.4. The van der Waals surface area contributed by atoms with Gasteiger partial charge in [-0.2, -0.15) is 30.7 Å². The molecule has 0 atom stereocenters. The summed E-state index contributed by atoms with van der Waals surface area (Å²) in [5.41, 5.74) is -3.03. The van der Waals surface area contributed by atoms with Crippen LogP contribution in [0.2, 0.25) is 0 Å². The van der Waals surface area contributed by atoms with Crippen molar-refractivity contribution < 1.29 is 57.4 Å². The lowest BCUT2D eigenvalue weighted by molar-refractivity contribution is -0.143. The summed E-state index contributed by atoms with van der Waals surface area (Å²) in [5.74, 6) is -30.4. The van der Waals surface area contributed by atoms with Crippen molar-refractivity contribution in [2.45, 2.75) is 6.18 Å². The molecule has 2 rings (SSSR count). The SMILES string of the molecule is Fc1c(F)c(F)c(Oc2c(F)c(F)c(C(F)(F)F)c(F)c2F)c(F)c1F. The monoisotopic (exact) mass is 400 g/mol. The predicted octanol–water partition coefficient (Wildman–Crippen LogP) is 5.75. The molecule has 0 amide bonds. The Kier molecular flexibility index (Phi) is 4.77. The number of benzene rings is 2. The maximum absolute atomic E-state index is 13.5. The van der Waals surface area contributed by atoms with Crippen LogP contribution in [0.4, 0.5) is 52.7 Å². The zero-order valence-electron chi connectivity index (χ0n) is 11.4. The van der Waals surface area contributed by atoms with E-state index < -0.39 is 75.6 Å². The molecule has 1 nitrogen and oxygen atoms in total. The molecule has 0 radical (unpaired) electrons. The largest absolute Gasteiger partial charge is 0.444 e. The normalized spacial score (nSPS) is 11.8. The highest BCUT2D eigenvalue weighted by Crippen LogP contribution is 2.41. The molecule has 2 aromatic rings. The van der Waals surface area contributed by atoms with Gasteiger partial charge >= 0.3 is 6.18 Å². The average molecular weight is 400 g/mol. The quantitative estimate of drug-likeness (QED) is 0.355. The second-order valence-electron chi connectivity index (χ2n) is 4.46. The number of alkyl halides is 3. The lowest BCUT2D eigenvalue weighted by atomic mass is 10.1. The number of hydrogen-bond acceptors (Lipinski definition) is 1. The van der Waals surface area contributed by atoms with E-state index in [4.69, 9.17) is 0 Å². The van der Waals surface area contributed by atoms with Gasteiger partial charge < -0.3 is 4.74 Å². The third kappa shape index (κ3) is 2.90. The fourth-order valence-electron chi connectivity index (χ4n) is 1.73. The molecule has 0 saturated heterocycles. The minimum Gasteiger partial charge on any atom is -0.444 e. The molecule has 0 saturated carbocycles. The summed E-state index contributed by atoms with van der Waals surface area (Å²) in [6, 6.07) is 0. The van der Waals surface area contributed by atoms with E-state index in [0.29, 0.717) is 0 Å². The molecule has 0 unspecified atom stereocenters. The Morgan fingerprint density at radius 1 is 0.423 bits per heavy atom. The third-order valence-electron chi connectivity index (χ3n) is 2.88. The highest BCUT2D eigenvalue weighted by molar-refractivity contribution is 5.40. The van der Waals surface area contributed by atoms with Gasteiger partial charge in [0.2, 0.25) is 52.2 Å². The fraction of sp³-hybridized carbons (Fsp3) is 0.0769. The maximum atomic E-state index is 13.5. The second-order valence-corrected chi connectivity index (χ2v) is 4.46. The summed E-state index contributed by atoms with van der Waals surface area (Å²) in [6.07, 6.45) is -5.92. The molecular formula is C13F12O. The van der Waals surface area contributed by atoms with Crippen LogP contribution in [-0.2, 0) is 6.18 Å². The lowest BCUT2D eigenvalue weighted by Crippen LogP contribution is -2.16. The molecule has 0 aliphatic rings. The van der Waals surface area contributed by atoms with Crippen LogP contribution < -0.4 is 4.74 Å². The molecule has 0 aliphatic carbocycles. The van der Waals surface area contributed by atoms with E-state index in [9.17, 15) is 52.7 Å². The van der Waals surface area contributed by atoms with Crippen LogP contribution in [0, 0.1) is 52.4 Å². The number of ether oxygens (including phenoxy) is 1. The van der Waals surface area contributed by atoms with Crippen molar-refractivity contribution in [2.75, 3.05) is 0 Å². The van der Waals surface area contributed by atoms with E-state index in [1.165, 1.54) is 0 Å². The van der Waals surface area contributed by atoms with Crippen molar-refractivity contribution in [2.24, 2.45) is 0 Å². The Labute approximate surface area is 134 Å². The molecule has 26 heavy (non-hydrogen) atoms. The van der Waals surface area contributed by atoms with E-state index in [0.717, 1.165) is 0 Å². The standard InChI is InChI=1S/C13F12O/c14-2-1(13(23,24)25)3(15)8(20)11(7(2)19)26-12-9(21)5(17)4(16)6(18)10(12)22. The molecule has 0 bridgehead atoms. The molecule has 0 aromatic heterocycles. The molecule has 0 heterocycles. The lowest BCUT2D eigenvalue weighted by Gasteiger charge is -2.15. The molecule has 0 N–H and O–H groups in total. The van der Waals surface area contributed by atoms with E-state index >= 15 is 0 Å². The van der Waals surface area contributed by atoms with Crippen molar-refractivity contribution in [1.29, 1.82) is 0 Å². The van der Waals surface area contributed by atoms with Gasteiger partial charge in [-0.05, 0) is 0 Å². The van der Waals surface area contributed by atoms with E-state index in [-0.39, 0.29) is 0 Å². The van der Waals surface area contributed by atoms with E-state index in [2.05, 4.69) is 4.74 Å². The van der Waals surface area contributed by atoms with Crippen molar-refractivity contribution in [3.8, 4) is 11.5 Å². The smallest absolute Gasteiger partial charge is 0.422 e. The summed E-state index contributed by atoms with van der Waals surface area (Å²) < 4.78 is 160. The Morgan fingerprint density at radius 2 is 0.692 bits per heavy atom. The van der Waals surface area contributed by atoms with Crippen LogP contribution in [0.5, 0.6) is 11.5 Å². The summed E-state index contributed by atoms with van der Waals surface area (Å²) in [5, 5.41) is 0. The summed E-state index contributed by atoms with van der Waals surface area (Å²) in [7, 11) is 0. The molecule has 0 aliphatic heterocycles. The van der Waals surface area contributed by atoms with Crippen LogP contribution in [-0.4, -0.2) is 0 Å². The Balaban J connectivity index is 2.75. The first kappa shape index (κ1) is 19.7. The van der Waals surface area contributed by atoms with Crippen LogP contribution in [0.25, 0.3) is 0 Å². The second kappa shape index (κ2) is 6.29. The predicted molar refractivity (Wildman–Crippen MR) is 57.6 cm³/mol. The first-order chi connectivity index (χ1) is 11.8. The molecular weight excluding hydrogens is 400 g/mol. The van der Waals surface area contributed by atoms with Crippen molar-refractivity contribution in [3.05, 3.63) is 57.9 Å². The first-order valence-corrected chi connectivity index (χ1v) is 5.93. The molecule has 13 heteroatoms. The van der Waals surface area contributed by atoms with E-state index in [1.807, 2.05) is 0 Å². The molecule has 0 fully saturated rings. The zero-order chi connectivity index (χ0) is 20.1. The van der Waals surface area contributed by atoms with Gasteiger partial charge in [-0.25, -0.2) is 22.0 Å². The minimum atomic E-state index is -5.92. The molecule has 142 valence electrons. The van der Waals surface area contributed by atoms with Crippen LogP contribution in [0.15, 0.2) is 0 Å². The molecule has 2 aromatic carbocycles. The first-order valence-electron chi connectivity index (χ1n) is 5.93. The van der Waals surface area contributed by atoms with Gasteiger partial charge in [0.1, 0.15) is 5.56 Å². The Bertz CT molecular complexity index is 843. The Morgan fingerprint density at radius 3 is 1.00 bits per heavy atom. The minimum absolute atomic E-state index is 2.39. The summed E-state index contributed by atoms with van der Waals surface area (Å²) in [4.78, 5) is 0. The van der Waals surface area contributed by atoms with Crippen LogP contribution >= 0.6 is 0 Å². The highest BCUT2D eigenvalue weighted by atomic mass is 19.4. The summed E-state index contributed by atoms with van der Waals surface area (Å²) in [6.45, 7) is 0. The Hall–Kier alpha value is -2.60. The topological polar surface area (TPSA) is 9.23 Å². The van der Waals surface area contributed by atoms with E-state index in [1.54, 1.807) is 0 Å². The van der Waals surface area contributed by atoms with Gasteiger partial charge in [-0.15, -0.1) is 0 Å². The highest BCUT2D eigenvalue weighted by Gasteiger charge is 2.43. The van der Waals surface area contributed by atoms with Gasteiger partial charge in [0, 0.05) is 0 Å². The van der Waals surface area contributed by atoms with Gasteiger partial charge in [-0.1, -0.05) is 0 Å². The van der Waals surface area contributed by atoms with Gasteiger partial charge in [0.15, 0.2) is 11.6 Å².